The van der Waals surface area contributed by atoms with Crippen molar-refractivity contribution in [1.82, 2.24) is 15.0 Å². The Kier molecular flexibility index (Phi) is 7.15. The molecule has 4 heteroatoms. The minimum absolute atomic E-state index is 0.184. The van der Waals surface area contributed by atoms with Crippen molar-refractivity contribution in [3.8, 4) is 73.6 Å². The lowest BCUT2D eigenvalue weighted by Crippen LogP contribution is -2.15. The molecule has 0 amide bonds. The van der Waals surface area contributed by atoms with Crippen molar-refractivity contribution in [2.24, 2.45) is 0 Å². The monoisotopic (exact) mass is 652 g/mol. The van der Waals surface area contributed by atoms with Gasteiger partial charge in [-0.25, -0.2) is 15.0 Å². The van der Waals surface area contributed by atoms with E-state index in [1.54, 1.807) is 0 Å². The van der Waals surface area contributed by atoms with Gasteiger partial charge in [-0.2, -0.15) is 5.26 Å². The summed E-state index contributed by atoms with van der Waals surface area (Å²) in [6.45, 7) is 4.50. The lowest BCUT2D eigenvalue weighted by atomic mass is 9.81. The second-order valence-corrected chi connectivity index (χ2v) is 13.5. The highest BCUT2D eigenvalue weighted by atomic mass is 15.0. The van der Waals surface area contributed by atoms with Crippen LogP contribution >= 0.6 is 0 Å². The summed E-state index contributed by atoms with van der Waals surface area (Å²) >= 11 is 0. The molecule has 0 spiro atoms. The zero-order valence-electron chi connectivity index (χ0n) is 28.3. The number of nitriles is 1. The zero-order valence-corrected chi connectivity index (χ0v) is 28.3. The van der Waals surface area contributed by atoms with Crippen LogP contribution in [0.1, 0.15) is 30.5 Å². The Morgan fingerprint density at radius 3 is 1.63 bits per heavy atom. The van der Waals surface area contributed by atoms with Gasteiger partial charge >= 0.3 is 0 Å². The van der Waals surface area contributed by atoms with Gasteiger partial charge in [0, 0.05) is 27.7 Å². The predicted molar refractivity (Wildman–Crippen MR) is 207 cm³/mol. The number of hydrogen-bond acceptors (Lipinski definition) is 4. The van der Waals surface area contributed by atoms with Crippen LogP contribution in [0.2, 0.25) is 0 Å². The Bertz CT molecular complexity index is 2600. The van der Waals surface area contributed by atoms with Crippen molar-refractivity contribution >= 4 is 10.8 Å². The van der Waals surface area contributed by atoms with Gasteiger partial charge < -0.3 is 0 Å². The van der Waals surface area contributed by atoms with Crippen LogP contribution < -0.4 is 0 Å². The van der Waals surface area contributed by atoms with E-state index in [0.29, 0.717) is 17.5 Å². The average molecular weight is 653 g/mol. The molecule has 4 nitrogen and oxygen atoms in total. The molecule has 51 heavy (non-hydrogen) atoms. The summed E-state index contributed by atoms with van der Waals surface area (Å²) in [4.78, 5) is 14.9. The standard InChI is InChI=1S/C47H32N4/c1-47(2)41-21-9-16-35(29-48)43(41)40-27-26-34(28-42(40)47)30-22-24-31(25-23-30)36-17-10-19-38-37(36)18-11-20-39(38)46-50-44(32-12-5-3-6-13-32)49-45(51-46)33-14-7-4-8-15-33/h3-28H,1-2H3. The SMILES string of the molecule is CC1(C)c2cc(-c3ccc(-c4cccc5c(-c6nc(-c7ccccc7)nc(-c7ccccc7)n6)cccc45)cc3)ccc2-c2c(C#N)cccc21. The molecule has 0 aliphatic heterocycles. The van der Waals surface area contributed by atoms with Crippen molar-refractivity contribution < 1.29 is 0 Å². The van der Waals surface area contributed by atoms with Gasteiger partial charge in [-0.3, -0.25) is 0 Å². The van der Waals surface area contributed by atoms with Crippen LogP contribution in [-0.4, -0.2) is 15.0 Å². The van der Waals surface area contributed by atoms with Gasteiger partial charge in [0.25, 0.3) is 0 Å². The van der Waals surface area contributed by atoms with E-state index in [4.69, 9.17) is 15.0 Å². The topological polar surface area (TPSA) is 62.5 Å². The summed E-state index contributed by atoms with van der Waals surface area (Å²) in [7, 11) is 0. The quantitative estimate of drug-likeness (QED) is 0.186. The zero-order chi connectivity index (χ0) is 34.5. The summed E-state index contributed by atoms with van der Waals surface area (Å²) < 4.78 is 0. The van der Waals surface area contributed by atoms with Crippen LogP contribution in [0.25, 0.3) is 78.3 Å². The van der Waals surface area contributed by atoms with E-state index in [1.165, 1.54) is 11.1 Å². The highest BCUT2D eigenvalue weighted by Crippen LogP contribution is 2.51. The normalized spacial score (nSPS) is 12.6. The van der Waals surface area contributed by atoms with Crippen LogP contribution in [0.3, 0.4) is 0 Å². The highest BCUT2D eigenvalue weighted by molar-refractivity contribution is 6.04. The third-order valence-corrected chi connectivity index (χ3v) is 10.2. The molecule has 240 valence electrons. The summed E-state index contributed by atoms with van der Waals surface area (Å²) in [6, 6.07) is 57.0. The van der Waals surface area contributed by atoms with E-state index in [9.17, 15) is 5.26 Å². The summed E-state index contributed by atoms with van der Waals surface area (Å²) in [5, 5.41) is 12.1. The third-order valence-electron chi connectivity index (χ3n) is 10.2. The molecule has 0 fully saturated rings. The molecule has 0 unspecified atom stereocenters. The highest BCUT2D eigenvalue weighted by Gasteiger charge is 2.37. The van der Waals surface area contributed by atoms with Gasteiger partial charge in [0.1, 0.15) is 0 Å². The van der Waals surface area contributed by atoms with E-state index in [0.717, 1.165) is 66.4 Å². The number of hydrogen-bond donors (Lipinski definition) is 0. The van der Waals surface area contributed by atoms with Crippen LogP contribution in [-0.2, 0) is 5.41 Å². The van der Waals surface area contributed by atoms with Crippen molar-refractivity contribution in [1.29, 1.82) is 5.26 Å². The Morgan fingerprint density at radius 1 is 0.431 bits per heavy atom. The van der Waals surface area contributed by atoms with E-state index in [2.05, 4.69) is 105 Å². The first kappa shape index (κ1) is 30.4. The smallest absolute Gasteiger partial charge is 0.164 e. The first-order valence-corrected chi connectivity index (χ1v) is 17.2. The van der Waals surface area contributed by atoms with Gasteiger partial charge in [-0.15, -0.1) is 0 Å². The van der Waals surface area contributed by atoms with Crippen molar-refractivity contribution in [2.45, 2.75) is 19.3 Å². The third kappa shape index (κ3) is 5.10. The first-order chi connectivity index (χ1) is 25.0. The molecule has 0 radical (unpaired) electrons. The Labute approximate surface area is 297 Å². The maximum Gasteiger partial charge on any atom is 0.164 e. The molecule has 0 bridgehead atoms. The molecule has 1 aliphatic carbocycles. The molecule has 0 saturated heterocycles. The maximum absolute atomic E-state index is 9.84. The fourth-order valence-electron chi connectivity index (χ4n) is 7.59. The lowest BCUT2D eigenvalue weighted by Gasteiger charge is -2.22. The Morgan fingerprint density at radius 2 is 0.980 bits per heavy atom. The van der Waals surface area contributed by atoms with E-state index >= 15 is 0 Å². The fraction of sp³-hybridized carbons (Fsp3) is 0.0638. The molecule has 9 rings (SSSR count). The molecular weight excluding hydrogens is 621 g/mol. The molecule has 8 aromatic rings. The minimum Gasteiger partial charge on any atom is -0.208 e. The van der Waals surface area contributed by atoms with Gasteiger partial charge in [-0.05, 0) is 61.8 Å². The Balaban J connectivity index is 1.11. The molecular formula is C47H32N4. The van der Waals surface area contributed by atoms with Gasteiger partial charge in [0.15, 0.2) is 17.5 Å². The lowest BCUT2D eigenvalue weighted by molar-refractivity contribution is 0.660. The van der Waals surface area contributed by atoms with Gasteiger partial charge in [0.2, 0.25) is 0 Å². The molecule has 0 N–H and O–H groups in total. The van der Waals surface area contributed by atoms with Gasteiger partial charge in [-0.1, -0.05) is 159 Å². The predicted octanol–water partition coefficient (Wildman–Crippen LogP) is 11.5. The van der Waals surface area contributed by atoms with Crippen molar-refractivity contribution in [2.75, 3.05) is 0 Å². The molecule has 0 saturated carbocycles. The van der Waals surface area contributed by atoms with Crippen molar-refractivity contribution in [3.05, 3.63) is 174 Å². The second kappa shape index (κ2) is 12.0. The number of nitrogens with zero attached hydrogens (tertiary/aromatic N) is 4. The average Bonchev–Trinajstić information content (AvgIpc) is 3.43. The van der Waals surface area contributed by atoms with E-state index in [-0.39, 0.29) is 5.41 Å². The minimum atomic E-state index is -0.184. The summed E-state index contributed by atoms with van der Waals surface area (Å²) in [6.07, 6.45) is 0. The molecule has 1 heterocycles. The van der Waals surface area contributed by atoms with Crippen LogP contribution in [0.4, 0.5) is 0 Å². The van der Waals surface area contributed by atoms with Crippen LogP contribution in [0.5, 0.6) is 0 Å². The number of rotatable bonds is 5. The van der Waals surface area contributed by atoms with Crippen LogP contribution in [0, 0.1) is 11.3 Å². The Hall–Kier alpha value is -6.70. The second-order valence-electron chi connectivity index (χ2n) is 13.5. The molecule has 1 aliphatic rings. The number of fused-ring (bicyclic) bond motifs is 4. The molecule has 7 aromatic carbocycles. The van der Waals surface area contributed by atoms with E-state index in [1.807, 2.05) is 72.8 Å². The fourth-order valence-corrected chi connectivity index (χ4v) is 7.59. The largest absolute Gasteiger partial charge is 0.208 e. The van der Waals surface area contributed by atoms with E-state index < -0.39 is 0 Å². The molecule has 0 atom stereocenters. The van der Waals surface area contributed by atoms with Crippen LogP contribution in [0.15, 0.2) is 158 Å². The first-order valence-electron chi connectivity index (χ1n) is 17.2. The van der Waals surface area contributed by atoms with Crippen molar-refractivity contribution in [3.63, 3.8) is 0 Å². The van der Waals surface area contributed by atoms with Gasteiger partial charge in [0.05, 0.1) is 11.6 Å². The number of aromatic nitrogens is 3. The summed E-state index contributed by atoms with van der Waals surface area (Å²) in [5.41, 5.74) is 12.7. The maximum atomic E-state index is 9.84. The molecule has 1 aromatic heterocycles. The number of benzene rings is 7. The summed E-state index contributed by atoms with van der Waals surface area (Å²) in [5.74, 6) is 1.93.